The van der Waals surface area contributed by atoms with E-state index in [-0.39, 0.29) is 40.1 Å². The van der Waals surface area contributed by atoms with Crippen LogP contribution in [0.25, 0.3) is 0 Å². The largest absolute Gasteiger partial charge is 2.00 e. The Kier molecular flexibility index (Phi) is 10.1. The van der Waals surface area contributed by atoms with Gasteiger partial charge >= 0.3 is 40.1 Å². The van der Waals surface area contributed by atoms with Crippen molar-refractivity contribution in [1.29, 1.82) is 0 Å². The molecule has 0 unspecified atom stereocenters. The molecule has 0 aromatic rings. The molecule has 0 amide bonds. The van der Waals surface area contributed by atoms with Gasteiger partial charge in [-0.25, -0.2) is 0 Å². The Labute approximate surface area is 88.6 Å². The summed E-state index contributed by atoms with van der Waals surface area (Å²) in [5.41, 5.74) is 0. The van der Waals surface area contributed by atoms with Crippen molar-refractivity contribution >= 4 is 38.7 Å². The van der Waals surface area contributed by atoms with Crippen LogP contribution in [0.5, 0.6) is 0 Å². The van der Waals surface area contributed by atoms with Gasteiger partial charge in [-0.15, -0.1) is 0 Å². The molecule has 11 heavy (non-hydrogen) atoms. The molecular formula is MgMnO7P2. The summed E-state index contributed by atoms with van der Waals surface area (Å²) in [7, 11) is -11.4. The second-order valence-electron chi connectivity index (χ2n) is 0.976. The molecule has 0 aliphatic carbocycles. The van der Waals surface area contributed by atoms with E-state index >= 15 is 0 Å². The van der Waals surface area contributed by atoms with Crippen molar-refractivity contribution in [3.05, 3.63) is 0 Å². The Bertz CT molecular complexity index is 157. The molecule has 0 spiro atoms. The third-order valence-corrected chi connectivity index (χ3v) is 1.80. The van der Waals surface area contributed by atoms with Gasteiger partial charge in [0.2, 0.25) is 0 Å². The fraction of sp³-hybridized carbons (Fsp3) is 0. The quantitative estimate of drug-likeness (QED) is 0.364. The van der Waals surface area contributed by atoms with Crippen LogP contribution >= 0.6 is 15.6 Å². The van der Waals surface area contributed by atoms with Gasteiger partial charge in [0, 0.05) is 0 Å². The number of rotatable bonds is 2. The number of hydrogen-bond donors (Lipinski definition) is 0. The van der Waals surface area contributed by atoms with Crippen molar-refractivity contribution in [2.75, 3.05) is 0 Å². The first-order valence-corrected chi connectivity index (χ1v) is 4.38. The molecule has 0 aromatic heterocycles. The Morgan fingerprint density at radius 2 is 1.09 bits per heavy atom. The molecule has 11 heteroatoms. The van der Waals surface area contributed by atoms with Gasteiger partial charge in [-0.05, 0) is 0 Å². The average Bonchev–Trinajstić information content (AvgIpc) is 1.14. The van der Waals surface area contributed by atoms with Crippen molar-refractivity contribution in [3.8, 4) is 0 Å². The minimum absolute atomic E-state index is 0. The Hall–Kier alpha value is 1.55. The van der Waals surface area contributed by atoms with Gasteiger partial charge in [0.15, 0.2) is 0 Å². The van der Waals surface area contributed by atoms with E-state index in [1.54, 1.807) is 0 Å². The van der Waals surface area contributed by atoms with Crippen LogP contribution in [0.15, 0.2) is 0 Å². The van der Waals surface area contributed by atoms with E-state index in [2.05, 4.69) is 4.31 Å². The molecule has 0 fully saturated rings. The van der Waals surface area contributed by atoms with Gasteiger partial charge in [-0.2, -0.15) is 0 Å². The predicted octanol–water partition coefficient (Wildman–Crippen LogP) is -3.72. The minimum Gasteiger partial charge on any atom is -0.790 e. The van der Waals surface area contributed by atoms with Crippen molar-refractivity contribution in [2.45, 2.75) is 0 Å². The molecule has 0 bridgehead atoms. The Morgan fingerprint density at radius 1 is 0.909 bits per heavy atom. The van der Waals surface area contributed by atoms with Crippen LogP contribution < -0.4 is 19.6 Å². The maximum Gasteiger partial charge on any atom is 2.00 e. The third kappa shape index (κ3) is 18.5. The third-order valence-electron chi connectivity index (χ3n) is 0.200. The molecule has 0 aromatic carbocycles. The normalized spacial score (nSPS) is 11.3. The van der Waals surface area contributed by atoms with E-state index < -0.39 is 15.6 Å². The van der Waals surface area contributed by atoms with E-state index in [1.165, 1.54) is 0 Å². The fourth-order valence-electron chi connectivity index (χ4n) is 0.122. The van der Waals surface area contributed by atoms with Crippen LogP contribution in [0.2, 0.25) is 0 Å². The fourth-order valence-corrected chi connectivity index (χ4v) is 1.10. The van der Waals surface area contributed by atoms with E-state index in [9.17, 15) is 28.7 Å². The summed E-state index contributed by atoms with van der Waals surface area (Å²) in [6.07, 6.45) is 0. The summed E-state index contributed by atoms with van der Waals surface area (Å²) >= 11 is 0. The van der Waals surface area contributed by atoms with Gasteiger partial charge in [0.05, 0.1) is 15.6 Å². The molecule has 1 radical (unpaired) electrons. The molecular weight excluding hydrogens is 253 g/mol. The van der Waals surface area contributed by atoms with Crippen molar-refractivity contribution < 1.29 is 50.1 Å². The molecule has 0 N–H and O–H groups in total. The summed E-state index contributed by atoms with van der Waals surface area (Å²) in [6.45, 7) is 0. The monoisotopic (exact) mass is 253 g/mol. The standard InChI is InChI=1S/Mg.Mn.H4O7P2/c;;1-8(2,3)7-9(4,5)6/h;;(H2,1,2,3)(H2,4,5,6)/q2*+2;/p-4. The summed E-state index contributed by atoms with van der Waals surface area (Å²) < 4.78 is 21.2. The van der Waals surface area contributed by atoms with Crippen molar-refractivity contribution in [1.82, 2.24) is 0 Å². The molecule has 0 saturated heterocycles. The predicted molar refractivity (Wildman–Crippen MR) is 22.1 cm³/mol. The van der Waals surface area contributed by atoms with E-state index in [4.69, 9.17) is 0 Å². The van der Waals surface area contributed by atoms with Gasteiger partial charge in [-0.1, -0.05) is 0 Å². The average molecular weight is 253 g/mol. The van der Waals surface area contributed by atoms with Crippen LogP contribution in [-0.2, 0) is 30.5 Å². The van der Waals surface area contributed by atoms with Crippen molar-refractivity contribution in [3.63, 3.8) is 0 Å². The maximum absolute atomic E-state index is 9.32. The molecule has 0 aliphatic rings. The molecule has 0 heterocycles. The zero-order valence-electron chi connectivity index (χ0n) is 4.84. The second kappa shape index (κ2) is 6.07. The van der Waals surface area contributed by atoms with E-state index in [0.717, 1.165) is 0 Å². The second-order valence-corrected chi connectivity index (χ2v) is 3.42. The van der Waals surface area contributed by atoms with Crippen LogP contribution in [0.1, 0.15) is 0 Å². The summed E-state index contributed by atoms with van der Waals surface area (Å²) in [5, 5.41) is 0. The van der Waals surface area contributed by atoms with Gasteiger partial charge in [-0.3, -0.25) is 0 Å². The van der Waals surface area contributed by atoms with E-state index in [1.807, 2.05) is 0 Å². The van der Waals surface area contributed by atoms with Gasteiger partial charge in [0.25, 0.3) is 0 Å². The van der Waals surface area contributed by atoms with Crippen LogP contribution in [0, 0.1) is 0 Å². The summed E-state index contributed by atoms with van der Waals surface area (Å²) in [4.78, 5) is 37.3. The SMILES string of the molecule is O=P([O-])([O-])OP(=O)([O-])[O-].[Mg+2].[Mn+2]. The smallest absolute Gasteiger partial charge is 0.790 e. The van der Waals surface area contributed by atoms with Gasteiger partial charge < -0.3 is 33.0 Å². The van der Waals surface area contributed by atoms with Crippen LogP contribution in [-0.4, -0.2) is 23.1 Å². The zero-order valence-corrected chi connectivity index (χ0v) is 9.22. The first-order valence-electron chi connectivity index (χ1n) is 1.46. The summed E-state index contributed by atoms with van der Waals surface area (Å²) in [6, 6.07) is 0. The molecule has 7 nitrogen and oxygen atoms in total. The maximum atomic E-state index is 9.32. The Morgan fingerprint density at radius 3 is 1.09 bits per heavy atom. The van der Waals surface area contributed by atoms with Crippen LogP contribution in [0.3, 0.4) is 0 Å². The topological polar surface area (TPSA) is 136 Å². The molecule has 0 atom stereocenters. The minimum atomic E-state index is -5.68. The molecule has 0 rings (SSSR count). The molecule has 0 saturated carbocycles. The summed E-state index contributed by atoms with van der Waals surface area (Å²) in [5.74, 6) is 0. The van der Waals surface area contributed by atoms with Gasteiger partial charge in [0.1, 0.15) is 0 Å². The number of hydrogen-bond acceptors (Lipinski definition) is 7. The van der Waals surface area contributed by atoms with E-state index in [0.29, 0.717) is 0 Å². The first-order chi connectivity index (χ1) is 3.71. The Balaban J connectivity index is -0.000000320. The first kappa shape index (κ1) is 18.4. The molecule has 0 aliphatic heterocycles. The van der Waals surface area contributed by atoms with Crippen molar-refractivity contribution in [2.24, 2.45) is 0 Å². The zero-order chi connectivity index (χ0) is 7.71. The van der Waals surface area contributed by atoms with Crippen LogP contribution in [0.4, 0.5) is 0 Å². The number of phosphoric acid groups is 2. The molecule has 61 valence electrons.